The van der Waals surface area contributed by atoms with E-state index in [0.717, 1.165) is 30.5 Å². The Bertz CT molecular complexity index is 603. The average Bonchev–Trinajstić information content (AvgIpc) is 3.14. The molecule has 3 heterocycles. The molecule has 7 nitrogen and oxygen atoms in total. The number of aryl methyl sites for hydroxylation is 1. The molecular formula is C17H28N4O3S. The van der Waals surface area contributed by atoms with Gasteiger partial charge < -0.3 is 25.0 Å². The Morgan fingerprint density at radius 1 is 1.40 bits per heavy atom. The Hall–Kier alpha value is -1.22. The molecule has 2 N–H and O–H groups in total. The van der Waals surface area contributed by atoms with E-state index in [0.29, 0.717) is 31.1 Å². The summed E-state index contributed by atoms with van der Waals surface area (Å²) in [5.41, 5.74) is -0.279. The molecule has 1 aromatic rings. The standard InChI is InChI=1S/C17H28N4O3S/c1-3-18-16-19-13(2)14(25-16)15(22)21-8-9-24-12-17(23,11-21)10-20-6-4-5-7-20/h23H,3-12H2,1-2H3,(H,18,19)/t17-/m1/s1. The lowest BCUT2D eigenvalue weighted by molar-refractivity contribution is -0.0524. The number of anilines is 1. The van der Waals surface area contributed by atoms with Crippen molar-refractivity contribution in [3.05, 3.63) is 10.6 Å². The second-order valence-electron chi connectivity index (χ2n) is 6.95. The zero-order chi connectivity index (χ0) is 17.9. The number of aromatic nitrogens is 1. The molecule has 1 aromatic heterocycles. The third kappa shape index (κ3) is 4.49. The SMILES string of the molecule is CCNc1nc(C)c(C(=O)N2CCOC[C@@](O)(CN3CCCC3)C2)s1. The molecular weight excluding hydrogens is 340 g/mol. The van der Waals surface area contributed by atoms with Crippen LogP contribution in [0.1, 0.15) is 35.1 Å². The van der Waals surface area contributed by atoms with E-state index in [9.17, 15) is 9.90 Å². The maximum absolute atomic E-state index is 13.0. The zero-order valence-electron chi connectivity index (χ0n) is 15.1. The van der Waals surface area contributed by atoms with Crippen LogP contribution in [-0.4, -0.2) is 83.9 Å². The fourth-order valence-corrected chi connectivity index (χ4v) is 4.51. The fourth-order valence-electron chi connectivity index (χ4n) is 3.51. The van der Waals surface area contributed by atoms with E-state index in [1.807, 2.05) is 13.8 Å². The van der Waals surface area contributed by atoms with Gasteiger partial charge in [-0.15, -0.1) is 0 Å². The summed E-state index contributed by atoms with van der Waals surface area (Å²) in [6.07, 6.45) is 2.35. The van der Waals surface area contributed by atoms with Crippen molar-refractivity contribution in [2.24, 2.45) is 0 Å². The van der Waals surface area contributed by atoms with Gasteiger partial charge in [0.1, 0.15) is 10.5 Å². The highest BCUT2D eigenvalue weighted by Crippen LogP contribution is 2.26. The van der Waals surface area contributed by atoms with Gasteiger partial charge >= 0.3 is 0 Å². The lowest BCUT2D eigenvalue weighted by Crippen LogP contribution is -2.53. The van der Waals surface area contributed by atoms with Gasteiger partial charge in [-0.2, -0.15) is 0 Å². The number of hydrogen-bond donors (Lipinski definition) is 2. The van der Waals surface area contributed by atoms with Gasteiger partial charge in [-0.1, -0.05) is 11.3 Å². The van der Waals surface area contributed by atoms with Gasteiger partial charge in [0.25, 0.3) is 5.91 Å². The van der Waals surface area contributed by atoms with Crippen LogP contribution < -0.4 is 5.32 Å². The van der Waals surface area contributed by atoms with Crippen LogP contribution in [0.25, 0.3) is 0 Å². The highest BCUT2D eigenvalue weighted by Gasteiger charge is 2.37. The summed E-state index contributed by atoms with van der Waals surface area (Å²) < 4.78 is 5.62. The van der Waals surface area contributed by atoms with Crippen molar-refractivity contribution in [1.82, 2.24) is 14.8 Å². The molecule has 2 fully saturated rings. The van der Waals surface area contributed by atoms with Crippen LogP contribution in [0.3, 0.4) is 0 Å². The van der Waals surface area contributed by atoms with Crippen molar-refractivity contribution in [1.29, 1.82) is 0 Å². The number of nitrogens with one attached hydrogen (secondary N) is 1. The summed E-state index contributed by atoms with van der Waals surface area (Å²) in [7, 11) is 0. The first-order chi connectivity index (χ1) is 12.0. The lowest BCUT2D eigenvalue weighted by Gasteiger charge is -2.33. The van der Waals surface area contributed by atoms with E-state index in [4.69, 9.17) is 4.74 Å². The molecule has 140 valence electrons. The normalized spacial score (nSPS) is 25.2. The predicted octanol–water partition coefficient (Wildman–Crippen LogP) is 1.18. The average molecular weight is 369 g/mol. The number of amides is 1. The number of β-amino-alcohol motifs (C(OH)–C–C–N with tert-alkyl or cyclic N) is 1. The summed E-state index contributed by atoms with van der Waals surface area (Å²) in [5, 5.41) is 15.0. The molecule has 1 atom stereocenters. The summed E-state index contributed by atoms with van der Waals surface area (Å²) in [5.74, 6) is -0.0653. The number of hydrogen-bond acceptors (Lipinski definition) is 7. The van der Waals surface area contributed by atoms with E-state index in [-0.39, 0.29) is 12.5 Å². The minimum absolute atomic E-state index is 0.0653. The third-order valence-corrected chi connectivity index (χ3v) is 5.79. The second kappa shape index (κ2) is 7.99. The van der Waals surface area contributed by atoms with Crippen LogP contribution in [-0.2, 0) is 4.74 Å². The maximum atomic E-state index is 13.0. The number of nitrogens with zero attached hydrogens (tertiary/aromatic N) is 3. The largest absolute Gasteiger partial charge is 0.384 e. The first-order valence-corrected chi connectivity index (χ1v) is 9.85. The molecule has 25 heavy (non-hydrogen) atoms. The molecule has 0 spiro atoms. The molecule has 2 saturated heterocycles. The van der Waals surface area contributed by atoms with Crippen molar-refractivity contribution in [3.8, 4) is 0 Å². The predicted molar refractivity (Wildman–Crippen MR) is 98.4 cm³/mol. The van der Waals surface area contributed by atoms with E-state index >= 15 is 0 Å². The van der Waals surface area contributed by atoms with Crippen LogP contribution in [0.4, 0.5) is 5.13 Å². The van der Waals surface area contributed by atoms with E-state index in [2.05, 4.69) is 15.2 Å². The molecule has 0 unspecified atom stereocenters. The highest BCUT2D eigenvalue weighted by atomic mass is 32.1. The van der Waals surface area contributed by atoms with Gasteiger partial charge in [-0.05, 0) is 39.8 Å². The third-order valence-electron chi connectivity index (χ3n) is 4.68. The van der Waals surface area contributed by atoms with Crippen LogP contribution in [0, 0.1) is 6.92 Å². The van der Waals surface area contributed by atoms with Gasteiger partial charge in [0.05, 0.1) is 25.5 Å². The van der Waals surface area contributed by atoms with E-state index < -0.39 is 5.60 Å². The highest BCUT2D eigenvalue weighted by molar-refractivity contribution is 7.17. The number of thiazole rings is 1. The van der Waals surface area contributed by atoms with Gasteiger partial charge in [0.15, 0.2) is 5.13 Å². The topological polar surface area (TPSA) is 77.9 Å². The first-order valence-electron chi connectivity index (χ1n) is 9.04. The van der Waals surface area contributed by atoms with Crippen LogP contribution in [0.5, 0.6) is 0 Å². The molecule has 3 rings (SSSR count). The van der Waals surface area contributed by atoms with Gasteiger partial charge in [-0.25, -0.2) is 4.98 Å². The number of carbonyl (C=O) groups excluding carboxylic acids is 1. The number of carbonyl (C=O) groups is 1. The van der Waals surface area contributed by atoms with Crippen LogP contribution >= 0.6 is 11.3 Å². The number of ether oxygens (including phenoxy) is 1. The van der Waals surface area contributed by atoms with Crippen molar-refractivity contribution in [2.45, 2.75) is 32.3 Å². The monoisotopic (exact) mass is 368 g/mol. The van der Waals surface area contributed by atoms with Gasteiger partial charge in [-0.3, -0.25) is 4.79 Å². The summed E-state index contributed by atoms with van der Waals surface area (Å²) >= 11 is 1.38. The maximum Gasteiger partial charge on any atom is 0.266 e. The van der Waals surface area contributed by atoms with Crippen LogP contribution in [0.2, 0.25) is 0 Å². The fraction of sp³-hybridized carbons (Fsp3) is 0.765. The molecule has 0 saturated carbocycles. The Morgan fingerprint density at radius 3 is 2.88 bits per heavy atom. The van der Waals surface area contributed by atoms with Crippen molar-refractivity contribution in [2.75, 3.05) is 57.8 Å². The molecule has 2 aliphatic heterocycles. The summed E-state index contributed by atoms with van der Waals surface area (Å²) in [4.78, 5) is 22.0. The molecule has 0 aliphatic carbocycles. The number of likely N-dealkylation sites (tertiary alicyclic amines) is 1. The Kier molecular flexibility index (Phi) is 5.93. The Morgan fingerprint density at radius 2 is 2.16 bits per heavy atom. The van der Waals surface area contributed by atoms with E-state index in [1.165, 1.54) is 24.2 Å². The molecule has 0 bridgehead atoms. The second-order valence-corrected chi connectivity index (χ2v) is 7.95. The number of aliphatic hydroxyl groups is 1. The van der Waals surface area contributed by atoms with Crippen molar-refractivity contribution < 1.29 is 14.6 Å². The minimum atomic E-state index is -1.01. The molecule has 1 amide bonds. The summed E-state index contributed by atoms with van der Waals surface area (Å²) in [6, 6.07) is 0. The van der Waals surface area contributed by atoms with Gasteiger partial charge in [0, 0.05) is 19.6 Å². The van der Waals surface area contributed by atoms with Crippen molar-refractivity contribution in [3.63, 3.8) is 0 Å². The van der Waals surface area contributed by atoms with E-state index in [1.54, 1.807) is 4.90 Å². The quantitative estimate of drug-likeness (QED) is 0.813. The van der Waals surface area contributed by atoms with Gasteiger partial charge in [0.2, 0.25) is 0 Å². The minimum Gasteiger partial charge on any atom is -0.384 e. The molecule has 0 radical (unpaired) electrons. The molecule has 2 aliphatic rings. The van der Waals surface area contributed by atoms with Crippen molar-refractivity contribution >= 4 is 22.4 Å². The van der Waals surface area contributed by atoms with Crippen LogP contribution in [0.15, 0.2) is 0 Å². The molecule has 0 aromatic carbocycles. The Labute approximate surface area is 153 Å². The smallest absolute Gasteiger partial charge is 0.266 e. The zero-order valence-corrected chi connectivity index (χ0v) is 15.9. The molecule has 8 heteroatoms. The lowest BCUT2D eigenvalue weighted by atomic mass is 10.0. The Balaban J connectivity index is 1.72. The number of rotatable bonds is 5. The first kappa shape index (κ1) is 18.6. The summed E-state index contributed by atoms with van der Waals surface area (Å²) in [6.45, 7) is 8.73.